The lowest BCUT2D eigenvalue weighted by molar-refractivity contribution is -0.183. The van der Waals surface area contributed by atoms with Crippen LogP contribution in [0.25, 0.3) is 0 Å². The van der Waals surface area contributed by atoms with Gasteiger partial charge in [0.2, 0.25) is 0 Å². The predicted octanol–water partition coefficient (Wildman–Crippen LogP) is 5.21. The van der Waals surface area contributed by atoms with E-state index >= 15 is 0 Å². The quantitative estimate of drug-likeness (QED) is 0.774. The van der Waals surface area contributed by atoms with E-state index in [0.717, 1.165) is 11.6 Å². The molecule has 1 N–H and O–H groups in total. The van der Waals surface area contributed by atoms with Crippen LogP contribution in [0.15, 0.2) is 48.5 Å². The first-order valence-corrected chi connectivity index (χ1v) is 9.38. The van der Waals surface area contributed by atoms with Crippen LogP contribution in [0.1, 0.15) is 49.1 Å². The van der Waals surface area contributed by atoms with Crippen LogP contribution in [0, 0.1) is 0 Å². The fourth-order valence-corrected chi connectivity index (χ4v) is 3.21. The van der Waals surface area contributed by atoms with E-state index in [1.165, 1.54) is 6.07 Å². The molecule has 2 unspecified atom stereocenters. The highest BCUT2D eigenvalue weighted by molar-refractivity contribution is 5.35. The Hall–Kier alpha value is -1.89. The molecule has 0 aromatic heterocycles. The van der Waals surface area contributed by atoms with Crippen LogP contribution in [-0.2, 0) is 27.7 Å². The topological polar surface area (TPSA) is 30.5 Å². The number of nitrogens with one attached hydrogen (secondary N) is 1. The van der Waals surface area contributed by atoms with Crippen molar-refractivity contribution in [3.8, 4) is 0 Å². The molecule has 0 spiro atoms. The Labute approximate surface area is 163 Å². The molecule has 1 aliphatic heterocycles. The van der Waals surface area contributed by atoms with Gasteiger partial charge in [-0.25, -0.2) is 0 Å². The summed E-state index contributed by atoms with van der Waals surface area (Å²) in [6.45, 7) is 6.91. The zero-order chi connectivity index (χ0) is 20.4. The molecule has 1 saturated heterocycles. The van der Waals surface area contributed by atoms with Crippen molar-refractivity contribution in [1.29, 1.82) is 0 Å². The maximum Gasteiger partial charge on any atom is 0.416 e. The number of hydrogen-bond donors (Lipinski definition) is 1. The van der Waals surface area contributed by atoms with E-state index in [0.29, 0.717) is 24.3 Å². The van der Waals surface area contributed by atoms with Crippen molar-refractivity contribution in [3.63, 3.8) is 0 Å². The normalized spacial score (nSPS) is 20.9. The van der Waals surface area contributed by atoms with Crippen molar-refractivity contribution in [2.24, 2.45) is 0 Å². The van der Waals surface area contributed by atoms with E-state index in [1.807, 2.05) is 51.1 Å². The van der Waals surface area contributed by atoms with Crippen molar-refractivity contribution < 1.29 is 22.6 Å². The highest BCUT2D eigenvalue weighted by atomic mass is 19.4. The molecule has 3 rings (SSSR count). The molecule has 2 aromatic carbocycles. The first kappa shape index (κ1) is 20.8. The van der Waals surface area contributed by atoms with Crippen LogP contribution in [0.3, 0.4) is 0 Å². The third-order valence-corrected chi connectivity index (χ3v) is 4.78. The Kier molecular flexibility index (Phi) is 6.12. The van der Waals surface area contributed by atoms with Crippen LogP contribution in [0.2, 0.25) is 0 Å². The SMILES string of the molecule is CC(C)(C)c1cc(COC2OCCNC2c2ccccc2)cc(C(F)(F)F)c1. The van der Waals surface area contributed by atoms with Gasteiger partial charge in [0.1, 0.15) is 0 Å². The molecule has 1 fully saturated rings. The summed E-state index contributed by atoms with van der Waals surface area (Å²) in [6, 6.07) is 13.7. The Morgan fingerprint density at radius 1 is 1.04 bits per heavy atom. The highest BCUT2D eigenvalue weighted by Crippen LogP contribution is 2.34. The summed E-state index contributed by atoms with van der Waals surface area (Å²) in [7, 11) is 0. The van der Waals surface area contributed by atoms with Gasteiger partial charge in [-0.3, -0.25) is 0 Å². The molecule has 28 heavy (non-hydrogen) atoms. The summed E-state index contributed by atoms with van der Waals surface area (Å²) < 4.78 is 51.7. The van der Waals surface area contributed by atoms with Crippen molar-refractivity contribution >= 4 is 0 Å². The average Bonchev–Trinajstić information content (AvgIpc) is 2.66. The summed E-state index contributed by atoms with van der Waals surface area (Å²) in [6.07, 6.45) is -4.96. The molecule has 0 aliphatic carbocycles. The molecule has 1 heterocycles. The Morgan fingerprint density at radius 3 is 2.36 bits per heavy atom. The number of halogens is 3. The number of rotatable bonds is 4. The molecular weight excluding hydrogens is 367 g/mol. The van der Waals surface area contributed by atoms with Crippen molar-refractivity contribution in [2.75, 3.05) is 13.2 Å². The number of morpholine rings is 1. The van der Waals surface area contributed by atoms with E-state index < -0.39 is 23.4 Å². The van der Waals surface area contributed by atoms with Gasteiger partial charge in [-0.2, -0.15) is 13.2 Å². The lowest BCUT2D eigenvalue weighted by atomic mass is 9.85. The van der Waals surface area contributed by atoms with Crippen LogP contribution < -0.4 is 5.32 Å². The number of alkyl halides is 3. The first-order valence-electron chi connectivity index (χ1n) is 9.38. The Morgan fingerprint density at radius 2 is 1.71 bits per heavy atom. The summed E-state index contributed by atoms with van der Waals surface area (Å²) in [5.41, 5.74) is 1.09. The molecule has 6 heteroatoms. The maximum absolute atomic E-state index is 13.3. The predicted molar refractivity (Wildman–Crippen MR) is 102 cm³/mol. The standard InChI is InChI=1S/C22H26F3NO2/c1-21(2,3)17-11-15(12-18(13-17)22(23,24)25)14-28-20-19(26-9-10-27-20)16-7-5-4-6-8-16/h4-8,11-13,19-20,26H,9-10,14H2,1-3H3. The second-order valence-corrected chi connectivity index (χ2v) is 8.06. The monoisotopic (exact) mass is 393 g/mol. The van der Waals surface area contributed by atoms with Gasteiger partial charge in [-0.05, 0) is 34.2 Å². The second kappa shape index (κ2) is 8.23. The summed E-state index contributed by atoms with van der Waals surface area (Å²) in [5.74, 6) is 0. The Bertz CT molecular complexity index is 752. The first-order chi connectivity index (χ1) is 13.1. The molecule has 0 bridgehead atoms. The second-order valence-electron chi connectivity index (χ2n) is 8.06. The summed E-state index contributed by atoms with van der Waals surface area (Å²) in [5, 5.41) is 3.36. The Balaban J connectivity index is 1.81. The lowest BCUT2D eigenvalue weighted by Crippen LogP contribution is -2.43. The van der Waals surface area contributed by atoms with E-state index in [9.17, 15) is 13.2 Å². The van der Waals surface area contributed by atoms with Crippen LogP contribution in [-0.4, -0.2) is 19.4 Å². The number of hydrogen-bond acceptors (Lipinski definition) is 3. The lowest BCUT2D eigenvalue weighted by Gasteiger charge is -2.33. The number of ether oxygens (including phenoxy) is 2. The minimum atomic E-state index is -4.40. The molecule has 3 nitrogen and oxygen atoms in total. The summed E-state index contributed by atoms with van der Waals surface area (Å²) >= 11 is 0. The fraction of sp³-hybridized carbons (Fsp3) is 0.455. The van der Waals surface area contributed by atoms with Crippen molar-refractivity contribution in [3.05, 3.63) is 70.8 Å². The van der Waals surface area contributed by atoms with Crippen LogP contribution >= 0.6 is 0 Å². The third-order valence-electron chi connectivity index (χ3n) is 4.78. The molecule has 0 radical (unpaired) electrons. The minimum Gasteiger partial charge on any atom is -0.349 e. The van der Waals surface area contributed by atoms with Crippen LogP contribution in [0.4, 0.5) is 13.2 Å². The van der Waals surface area contributed by atoms with E-state index in [4.69, 9.17) is 9.47 Å². The fourth-order valence-electron chi connectivity index (χ4n) is 3.21. The molecule has 2 aromatic rings. The third kappa shape index (κ3) is 5.13. The zero-order valence-electron chi connectivity index (χ0n) is 16.3. The van der Waals surface area contributed by atoms with E-state index in [2.05, 4.69) is 5.32 Å². The van der Waals surface area contributed by atoms with Crippen molar-refractivity contribution in [1.82, 2.24) is 5.32 Å². The van der Waals surface area contributed by atoms with Gasteiger partial charge < -0.3 is 14.8 Å². The van der Waals surface area contributed by atoms with Gasteiger partial charge in [-0.15, -0.1) is 0 Å². The van der Waals surface area contributed by atoms with Gasteiger partial charge in [0, 0.05) is 6.54 Å². The van der Waals surface area contributed by atoms with Gasteiger partial charge in [0.05, 0.1) is 24.8 Å². The minimum absolute atomic E-state index is 0.0443. The molecule has 152 valence electrons. The van der Waals surface area contributed by atoms with E-state index in [-0.39, 0.29) is 12.6 Å². The van der Waals surface area contributed by atoms with Gasteiger partial charge >= 0.3 is 6.18 Å². The molecule has 0 amide bonds. The zero-order valence-corrected chi connectivity index (χ0v) is 16.3. The number of benzene rings is 2. The summed E-state index contributed by atoms with van der Waals surface area (Å²) in [4.78, 5) is 0. The molecule has 0 saturated carbocycles. The van der Waals surface area contributed by atoms with Crippen molar-refractivity contribution in [2.45, 2.75) is 51.3 Å². The maximum atomic E-state index is 13.3. The molecule has 1 aliphatic rings. The molecular formula is C22H26F3NO2. The van der Waals surface area contributed by atoms with Crippen LogP contribution in [0.5, 0.6) is 0 Å². The van der Waals surface area contributed by atoms with Gasteiger partial charge in [0.25, 0.3) is 0 Å². The molecule has 2 atom stereocenters. The van der Waals surface area contributed by atoms with E-state index in [1.54, 1.807) is 6.07 Å². The average molecular weight is 393 g/mol. The largest absolute Gasteiger partial charge is 0.416 e. The van der Waals surface area contributed by atoms with Gasteiger partial charge in [-0.1, -0.05) is 57.2 Å². The highest BCUT2D eigenvalue weighted by Gasteiger charge is 2.33. The smallest absolute Gasteiger partial charge is 0.349 e. The van der Waals surface area contributed by atoms with Gasteiger partial charge in [0.15, 0.2) is 6.29 Å².